The van der Waals surface area contributed by atoms with Gasteiger partial charge in [0, 0.05) is 32.7 Å². The summed E-state index contributed by atoms with van der Waals surface area (Å²) in [4.78, 5) is 19.9. The number of benzene rings is 1. The molecule has 0 spiro atoms. The molecule has 6 nitrogen and oxygen atoms in total. The van der Waals surface area contributed by atoms with Gasteiger partial charge in [-0.1, -0.05) is 23.5 Å². The number of nitriles is 1. The van der Waals surface area contributed by atoms with Gasteiger partial charge in [-0.15, -0.1) is 0 Å². The van der Waals surface area contributed by atoms with E-state index in [-0.39, 0.29) is 4.88 Å². The first kappa shape index (κ1) is 15.5. The Morgan fingerprint density at radius 2 is 1.96 bits per heavy atom. The van der Waals surface area contributed by atoms with Gasteiger partial charge >= 0.3 is 5.97 Å². The van der Waals surface area contributed by atoms with Crippen LogP contribution in [0.25, 0.3) is 0 Å². The topological polar surface area (TPSA) is 80.5 Å². The van der Waals surface area contributed by atoms with Gasteiger partial charge in [0.05, 0.1) is 17.8 Å². The fourth-order valence-electron chi connectivity index (χ4n) is 2.55. The molecule has 0 bridgehead atoms. The Kier molecular flexibility index (Phi) is 4.55. The second-order valence-electron chi connectivity index (χ2n) is 5.38. The summed E-state index contributed by atoms with van der Waals surface area (Å²) in [7, 11) is 0. The van der Waals surface area contributed by atoms with Crippen LogP contribution in [0.2, 0.25) is 0 Å². The fourth-order valence-corrected chi connectivity index (χ4v) is 3.36. The average Bonchev–Trinajstić information content (AvgIpc) is 3.07. The predicted molar refractivity (Wildman–Crippen MR) is 87.7 cm³/mol. The molecule has 1 N–H and O–H groups in total. The van der Waals surface area contributed by atoms with Crippen molar-refractivity contribution in [1.82, 2.24) is 9.88 Å². The van der Waals surface area contributed by atoms with Gasteiger partial charge in [0.15, 0.2) is 5.13 Å². The van der Waals surface area contributed by atoms with E-state index in [9.17, 15) is 4.79 Å². The maximum atomic E-state index is 10.9. The molecule has 0 amide bonds. The van der Waals surface area contributed by atoms with E-state index >= 15 is 0 Å². The van der Waals surface area contributed by atoms with Crippen molar-refractivity contribution in [3.05, 3.63) is 46.5 Å². The lowest BCUT2D eigenvalue weighted by Gasteiger charge is -2.34. The maximum absolute atomic E-state index is 10.9. The highest BCUT2D eigenvalue weighted by Crippen LogP contribution is 2.24. The van der Waals surface area contributed by atoms with Crippen LogP contribution in [0, 0.1) is 11.3 Å². The molecule has 2 heterocycles. The van der Waals surface area contributed by atoms with E-state index in [2.05, 4.69) is 20.9 Å². The first-order valence-electron chi connectivity index (χ1n) is 7.31. The summed E-state index contributed by atoms with van der Waals surface area (Å²) in [5.74, 6) is -0.923. The van der Waals surface area contributed by atoms with Crippen LogP contribution < -0.4 is 4.90 Å². The number of anilines is 1. The van der Waals surface area contributed by atoms with Crippen LogP contribution in [-0.2, 0) is 6.54 Å². The Bertz CT molecular complexity index is 727. The minimum Gasteiger partial charge on any atom is -0.477 e. The van der Waals surface area contributed by atoms with Crippen molar-refractivity contribution in [2.45, 2.75) is 6.54 Å². The molecule has 0 saturated carbocycles. The van der Waals surface area contributed by atoms with E-state index in [4.69, 9.17) is 10.4 Å². The molecule has 1 aliphatic rings. The van der Waals surface area contributed by atoms with Crippen molar-refractivity contribution >= 4 is 22.4 Å². The summed E-state index contributed by atoms with van der Waals surface area (Å²) in [6, 6.07) is 9.79. The van der Waals surface area contributed by atoms with Gasteiger partial charge in [-0.25, -0.2) is 9.78 Å². The van der Waals surface area contributed by atoms with E-state index in [1.807, 2.05) is 24.3 Å². The Balaban J connectivity index is 1.55. The fraction of sp³-hybridized carbons (Fsp3) is 0.312. The molecule has 1 aliphatic heterocycles. The van der Waals surface area contributed by atoms with Crippen molar-refractivity contribution in [3.8, 4) is 6.07 Å². The molecule has 3 rings (SSSR count). The number of carboxylic acid groups (broad SMARTS) is 1. The third-order valence-corrected chi connectivity index (χ3v) is 4.88. The molecule has 118 valence electrons. The van der Waals surface area contributed by atoms with Crippen molar-refractivity contribution in [2.24, 2.45) is 0 Å². The first-order chi connectivity index (χ1) is 11.2. The molecular weight excluding hydrogens is 312 g/mol. The van der Waals surface area contributed by atoms with Crippen LogP contribution in [-0.4, -0.2) is 47.1 Å². The van der Waals surface area contributed by atoms with Crippen LogP contribution in [0.1, 0.15) is 20.8 Å². The van der Waals surface area contributed by atoms with Gasteiger partial charge in [0.1, 0.15) is 4.88 Å². The zero-order chi connectivity index (χ0) is 16.2. The Morgan fingerprint density at radius 1 is 1.26 bits per heavy atom. The number of nitrogens with zero attached hydrogens (tertiary/aromatic N) is 4. The molecule has 1 fully saturated rings. The van der Waals surface area contributed by atoms with E-state index < -0.39 is 5.97 Å². The normalized spacial score (nSPS) is 15.3. The maximum Gasteiger partial charge on any atom is 0.347 e. The second-order valence-corrected chi connectivity index (χ2v) is 6.39. The Hall–Kier alpha value is -2.43. The lowest BCUT2D eigenvalue weighted by molar-refractivity contribution is 0.0702. The molecule has 23 heavy (non-hydrogen) atoms. The molecule has 0 aliphatic carbocycles. The van der Waals surface area contributed by atoms with Crippen LogP contribution in [0.3, 0.4) is 0 Å². The Morgan fingerprint density at radius 3 is 2.52 bits per heavy atom. The number of carbonyl (C=O) groups is 1. The minimum atomic E-state index is -0.923. The third kappa shape index (κ3) is 3.67. The van der Waals surface area contributed by atoms with Crippen molar-refractivity contribution < 1.29 is 9.90 Å². The predicted octanol–water partition coefficient (Wildman–Crippen LogP) is 2.04. The summed E-state index contributed by atoms with van der Waals surface area (Å²) < 4.78 is 0. The summed E-state index contributed by atoms with van der Waals surface area (Å²) >= 11 is 1.22. The van der Waals surface area contributed by atoms with E-state index in [1.165, 1.54) is 23.1 Å². The Labute approximate surface area is 138 Å². The van der Waals surface area contributed by atoms with E-state index in [0.29, 0.717) is 5.56 Å². The molecule has 2 aromatic rings. The SMILES string of the molecule is N#Cc1ccc(CN2CCN(c3ncc(C(=O)O)s3)CC2)cc1. The summed E-state index contributed by atoms with van der Waals surface area (Å²) in [6.07, 6.45) is 1.42. The van der Waals surface area contributed by atoms with Crippen molar-refractivity contribution in [1.29, 1.82) is 5.26 Å². The smallest absolute Gasteiger partial charge is 0.347 e. The van der Waals surface area contributed by atoms with Crippen LogP contribution >= 0.6 is 11.3 Å². The standard InChI is InChI=1S/C16H16N4O2S/c17-9-12-1-3-13(4-2-12)11-19-5-7-20(8-6-19)16-18-10-14(23-16)15(21)22/h1-4,10H,5-8,11H2,(H,21,22). The highest BCUT2D eigenvalue weighted by molar-refractivity contribution is 7.17. The lowest BCUT2D eigenvalue weighted by Crippen LogP contribution is -2.45. The van der Waals surface area contributed by atoms with Crippen molar-refractivity contribution in [3.63, 3.8) is 0 Å². The molecule has 0 atom stereocenters. The summed E-state index contributed by atoms with van der Waals surface area (Å²) in [5, 5.41) is 18.6. The molecule has 1 aromatic heterocycles. The van der Waals surface area contributed by atoms with Gasteiger partial charge in [-0.2, -0.15) is 5.26 Å². The van der Waals surface area contributed by atoms with Gasteiger partial charge in [0.25, 0.3) is 0 Å². The van der Waals surface area contributed by atoms with Gasteiger partial charge in [-0.3, -0.25) is 4.90 Å². The number of rotatable bonds is 4. The van der Waals surface area contributed by atoms with Crippen LogP contribution in [0.5, 0.6) is 0 Å². The van der Waals surface area contributed by atoms with Crippen LogP contribution in [0.4, 0.5) is 5.13 Å². The molecule has 0 unspecified atom stereocenters. The number of piperazine rings is 1. The highest BCUT2D eigenvalue weighted by Gasteiger charge is 2.20. The number of carboxylic acids is 1. The van der Waals surface area contributed by atoms with E-state index in [0.717, 1.165) is 37.9 Å². The number of aromatic carboxylic acids is 1. The zero-order valence-corrected chi connectivity index (χ0v) is 13.3. The van der Waals surface area contributed by atoms with Crippen molar-refractivity contribution in [2.75, 3.05) is 31.1 Å². The third-order valence-electron chi connectivity index (χ3n) is 3.84. The van der Waals surface area contributed by atoms with Gasteiger partial charge < -0.3 is 10.0 Å². The van der Waals surface area contributed by atoms with Gasteiger partial charge in [0.2, 0.25) is 0 Å². The van der Waals surface area contributed by atoms with Crippen LogP contribution in [0.15, 0.2) is 30.5 Å². The second kappa shape index (κ2) is 6.77. The molecule has 1 aromatic carbocycles. The number of hydrogen-bond acceptors (Lipinski definition) is 6. The monoisotopic (exact) mass is 328 g/mol. The largest absolute Gasteiger partial charge is 0.477 e. The molecule has 0 radical (unpaired) electrons. The molecule has 7 heteroatoms. The molecule has 1 saturated heterocycles. The summed E-state index contributed by atoms with van der Waals surface area (Å²) in [6.45, 7) is 4.34. The highest BCUT2D eigenvalue weighted by atomic mass is 32.1. The average molecular weight is 328 g/mol. The number of hydrogen-bond donors (Lipinski definition) is 1. The number of thiazole rings is 1. The zero-order valence-electron chi connectivity index (χ0n) is 12.5. The summed E-state index contributed by atoms with van der Waals surface area (Å²) in [5.41, 5.74) is 1.87. The number of aromatic nitrogens is 1. The quantitative estimate of drug-likeness (QED) is 0.925. The molecular formula is C16H16N4O2S. The van der Waals surface area contributed by atoms with Gasteiger partial charge in [-0.05, 0) is 17.7 Å². The first-order valence-corrected chi connectivity index (χ1v) is 8.13. The minimum absolute atomic E-state index is 0.278. The van der Waals surface area contributed by atoms with E-state index in [1.54, 1.807) is 0 Å². The lowest BCUT2D eigenvalue weighted by atomic mass is 10.1.